The first-order valence-corrected chi connectivity index (χ1v) is 8.96. The van der Waals surface area contributed by atoms with Gasteiger partial charge in [0.25, 0.3) is 0 Å². The van der Waals surface area contributed by atoms with Gasteiger partial charge < -0.3 is 15.0 Å². The number of nitrogens with zero attached hydrogens (tertiary/aromatic N) is 1. The summed E-state index contributed by atoms with van der Waals surface area (Å²) in [5, 5.41) is 20.9. The summed E-state index contributed by atoms with van der Waals surface area (Å²) in [5.74, 6) is -0.523. The Labute approximate surface area is 136 Å². The Hall–Kier alpha value is -1.03. The Morgan fingerprint density at radius 3 is 2.05 bits per heavy atom. The fourth-order valence-electron chi connectivity index (χ4n) is 3.07. The maximum Gasteiger partial charge on any atom is 0.145 e. The molecule has 0 spiro atoms. The first kappa shape index (κ1) is 21.0. The van der Waals surface area contributed by atoms with Crippen molar-refractivity contribution >= 4 is 5.97 Å². The number of aliphatic hydroxyl groups excluding tert-OH is 1. The first-order valence-electron chi connectivity index (χ1n) is 8.96. The van der Waals surface area contributed by atoms with Gasteiger partial charge in [0, 0.05) is 18.8 Å². The van der Waals surface area contributed by atoms with E-state index in [2.05, 4.69) is 20.8 Å². The van der Waals surface area contributed by atoms with E-state index in [0.717, 1.165) is 51.7 Å². The van der Waals surface area contributed by atoms with Gasteiger partial charge in [-0.05, 0) is 25.7 Å². The van der Waals surface area contributed by atoms with Crippen LogP contribution < -0.4 is 5.11 Å². The van der Waals surface area contributed by atoms with E-state index >= 15 is 0 Å². The molecule has 22 heavy (non-hydrogen) atoms. The highest BCUT2D eigenvalue weighted by atomic mass is 16.4. The lowest BCUT2D eigenvalue weighted by Crippen LogP contribution is -2.45. The Morgan fingerprint density at radius 2 is 1.55 bits per heavy atom. The second kappa shape index (κ2) is 12.5. The van der Waals surface area contributed by atoms with E-state index in [4.69, 9.17) is 0 Å². The maximum absolute atomic E-state index is 10.6. The Bertz CT molecular complexity index is 320. The Morgan fingerprint density at radius 1 is 0.909 bits per heavy atom. The maximum atomic E-state index is 10.6. The number of carboxylic acids is 1. The number of hydrogen-bond acceptors (Lipinski definition) is 3. The minimum Gasteiger partial charge on any atom is -0.550 e. The molecule has 0 amide bonds. The van der Waals surface area contributed by atoms with E-state index in [1.165, 1.54) is 12.8 Å². The van der Waals surface area contributed by atoms with E-state index in [9.17, 15) is 15.0 Å². The van der Waals surface area contributed by atoms with Crippen LogP contribution >= 0.6 is 0 Å². The van der Waals surface area contributed by atoms with Crippen molar-refractivity contribution in [1.82, 2.24) is 0 Å². The zero-order chi connectivity index (χ0) is 16.8. The van der Waals surface area contributed by atoms with E-state index in [1.54, 1.807) is 0 Å². The number of quaternary nitrogens is 1. The summed E-state index contributed by atoms with van der Waals surface area (Å²) in [7, 11) is 0. The SMILES string of the molecule is CCCCCC/C(O)=C/[N+](CCC)(CCC)CCCC(=O)[O-]. The monoisotopic (exact) mass is 313 g/mol. The highest BCUT2D eigenvalue weighted by molar-refractivity contribution is 5.64. The molecule has 0 heterocycles. The topological polar surface area (TPSA) is 60.4 Å². The van der Waals surface area contributed by atoms with Crippen molar-refractivity contribution in [2.45, 2.75) is 78.6 Å². The lowest BCUT2D eigenvalue weighted by molar-refractivity contribution is -0.880. The lowest BCUT2D eigenvalue weighted by Gasteiger charge is -2.35. The predicted octanol–water partition coefficient (Wildman–Crippen LogP) is 3.52. The molecule has 0 bridgehead atoms. The van der Waals surface area contributed by atoms with Crippen LogP contribution in [-0.4, -0.2) is 35.2 Å². The fourth-order valence-corrected chi connectivity index (χ4v) is 3.07. The molecule has 0 unspecified atom stereocenters. The number of carbonyl (C=O) groups is 1. The molecular formula is C18H35NO3. The van der Waals surface area contributed by atoms with Gasteiger partial charge in [-0.15, -0.1) is 0 Å². The predicted molar refractivity (Wildman–Crippen MR) is 89.2 cm³/mol. The van der Waals surface area contributed by atoms with Crippen LogP contribution in [0.15, 0.2) is 12.0 Å². The van der Waals surface area contributed by atoms with Crippen LogP contribution in [0.25, 0.3) is 0 Å². The standard InChI is InChI=1S/C18H35NO3/c1-4-7-8-9-11-17(20)16-19(13-5-2,14-6-3)15-10-12-18(21)22/h16H,4-15H2,1-3H3,(H-,20,21,22)/b17-16-. The smallest absolute Gasteiger partial charge is 0.145 e. The van der Waals surface area contributed by atoms with Gasteiger partial charge >= 0.3 is 0 Å². The van der Waals surface area contributed by atoms with Crippen molar-refractivity contribution in [3.8, 4) is 0 Å². The molecule has 0 aliphatic carbocycles. The molecular weight excluding hydrogens is 278 g/mol. The molecule has 4 heteroatoms. The zero-order valence-electron chi connectivity index (χ0n) is 14.8. The first-order chi connectivity index (χ1) is 10.5. The molecule has 0 atom stereocenters. The zero-order valence-corrected chi connectivity index (χ0v) is 14.8. The normalized spacial score (nSPS) is 12.6. The number of aliphatic hydroxyl groups is 1. The molecule has 0 aromatic rings. The number of aliphatic carboxylic acids is 1. The molecule has 0 saturated heterocycles. The van der Waals surface area contributed by atoms with Crippen LogP contribution in [0.1, 0.15) is 78.6 Å². The highest BCUT2D eigenvalue weighted by Crippen LogP contribution is 2.18. The van der Waals surface area contributed by atoms with Crippen molar-refractivity contribution in [2.75, 3.05) is 19.6 Å². The summed E-state index contributed by atoms with van der Waals surface area (Å²) in [6, 6.07) is 0. The average molecular weight is 313 g/mol. The van der Waals surface area contributed by atoms with E-state index < -0.39 is 5.97 Å². The van der Waals surface area contributed by atoms with Crippen LogP contribution in [0.3, 0.4) is 0 Å². The third-order valence-electron chi connectivity index (χ3n) is 4.03. The van der Waals surface area contributed by atoms with Crippen molar-refractivity contribution in [1.29, 1.82) is 0 Å². The van der Waals surface area contributed by atoms with Gasteiger partial charge in [0.1, 0.15) is 12.0 Å². The van der Waals surface area contributed by atoms with Gasteiger partial charge in [-0.3, -0.25) is 4.48 Å². The van der Waals surface area contributed by atoms with Crippen LogP contribution in [-0.2, 0) is 4.79 Å². The van der Waals surface area contributed by atoms with Gasteiger partial charge in [-0.2, -0.15) is 0 Å². The second-order valence-corrected chi connectivity index (χ2v) is 6.30. The van der Waals surface area contributed by atoms with E-state index in [-0.39, 0.29) is 6.42 Å². The molecule has 130 valence electrons. The molecule has 4 nitrogen and oxygen atoms in total. The highest BCUT2D eigenvalue weighted by Gasteiger charge is 2.24. The third-order valence-corrected chi connectivity index (χ3v) is 4.03. The number of allylic oxidation sites excluding steroid dienone is 1. The van der Waals surface area contributed by atoms with Crippen molar-refractivity contribution in [3.05, 3.63) is 12.0 Å². The summed E-state index contributed by atoms with van der Waals surface area (Å²) < 4.78 is 0.694. The van der Waals surface area contributed by atoms with Crippen LogP contribution in [0, 0.1) is 0 Å². The van der Waals surface area contributed by atoms with Gasteiger partial charge in [-0.1, -0.05) is 40.0 Å². The number of hydrogen-bond donors (Lipinski definition) is 1. The molecule has 0 aromatic carbocycles. The lowest BCUT2D eigenvalue weighted by atomic mass is 10.1. The van der Waals surface area contributed by atoms with Gasteiger partial charge in [0.05, 0.1) is 19.6 Å². The van der Waals surface area contributed by atoms with Crippen LogP contribution in [0.5, 0.6) is 0 Å². The quantitative estimate of drug-likeness (QED) is 0.303. The summed E-state index contributed by atoms with van der Waals surface area (Å²) >= 11 is 0. The number of carbonyl (C=O) groups excluding carboxylic acids is 1. The molecule has 0 aliphatic rings. The Kier molecular flexibility index (Phi) is 11.9. The molecule has 0 aromatic heterocycles. The van der Waals surface area contributed by atoms with Gasteiger partial charge in [0.15, 0.2) is 0 Å². The van der Waals surface area contributed by atoms with Crippen LogP contribution in [0.4, 0.5) is 0 Å². The van der Waals surface area contributed by atoms with Crippen LogP contribution in [0.2, 0.25) is 0 Å². The molecule has 0 rings (SSSR count). The van der Waals surface area contributed by atoms with Gasteiger partial charge in [0.2, 0.25) is 0 Å². The third kappa shape index (κ3) is 9.82. The molecule has 0 saturated carbocycles. The molecule has 0 aliphatic heterocycles. The number of carboxylic acid groups (broad SMARTS) is 1. The minimum atomic E-state index is -0.987. The fraction of sp³-hybridized carbons (Fsp3) is 0.833. The van der Waals surface area contributed by atoms with Gasteiger partial charge in [-0.25, -0.2) is 0 Å². The molecule has 1 N–H and O–H groups in total. The average Bonchev–Trinajstić information content (AvgIpc) is 2.44. The second-order valence-electron chi connectivity index (χ2n) is 6.30. The largest absolute Gasteiger partial charge is 0.550 e. The number of rotatable bonds is 14. The van der Waals surface area contributed by atoms with Crippen molar-refractivity contribution in [2.24, 2.45) is 0 Å². The van der Waals surface area contributed by atoms with Crippen molar-refractivity contribution in [3.63, 3.8) is 0 Å². The summed E-state index contributed by atoms with van der Waals surface area (Å²) in [4.78, 5) is 10.6. The summed E-state index contributed by atoms with van der Waals surface area (Å²) in [6.45, 7) is 9.09. The number of unbranched alkanes of at least 4 members (excludes halogenated alkanes) is 3. The summed E-state index contributed by atoms with van der Waals surface area (Å²) in [5.41, 5.74) is 0. The van der Waals surface area contributed by atoms with Crippen molar-refractivity contribution < 1.29 is 19.5 Å². The summed E-state index contributed by atoms with van der Waals surface area (Å²) in [6.07, 6.45) is 10.0. The molecule has 0 radical (unpaired) electrons. The van der Waals surface area contributed by atoms with E-state index in [0.29, 0.717) is 16.7 Å². The van der Waals surface area contributed by atoms with E-state index in [1.807, 2.05) is 6.20 Å². The Balaban J connectivity index is 4.74. The molecule has 0 fully saturated rings. The minimum absolute atomic E-state index is 0.0958.